The molecule has 2 heterocycles. The van der Waals surface area contributed by atoms with Gasteiger partial charge in [-0.1, -0.05) is 0 Å². The van der Waals surface area contributed by atoms with Crippen molar-refractivity contribution < 1.29 is 9.90 Å². The highest BCUT2D eigenvalue weighted by atomic mass is 32.1. The van der Waals surface area contributed by atoms with E-state index in [0.717, 1.165) is 30.9 Å². The van der Waals surface area contributed by atoms with E-state index in [1.54, 1.807) is 24.0 Å². The Hall–Kier alpha value is -1.66. The number of aryl methyl sites for hydroxylation is 1. The topological polar surface area (TPSA) is 67.2 Å². The molecule has 0 aliphatic rings. The molecule has 0 aliphatic carbocycles. The number of nitrogens with zero attached hydrogens (tertiary/aromatic N) is 2. The van der Waals surface area contributed by atoms with Crippen LogP contribution in [0.4, 0.5) is 0 Å². The standard InChI is InChI=1S/C12H15N3O2S/c16-12(17)10-6-11(18-8-10)7-13-2-1-4-15-5-3-14-9-15/h3,5-6,8-9,13H,1-2,4,7H2,(H,16,17). The first-order valence-electron chi connectivity index (χ1n) is 5.73. The Morgan fingerprint density at radius 1 is 1.56 bits per heavy atom. The van der Waals surface area contributed by atoms with Crippen LogP contribution in [0.2, 0.25) is 0 Å². The molecule has 0 aliphatic heterocycles. The van der Waals surface area contributed by atoms with Crippen molar-refractivity contribution in [3.05, 3.63) is 40.6 Å². The summed E-state index contributed by atoms with van der Waals surface area (Å²) < 4.78 is 2.04. The van der Waals surface area contributed by atoms with Crippen LogP contribution in [-0.2, 0) is 13.1 Å². The molecule has 0 radical (unpaired) electrons. The minimum Gasteiger partial charge on any atom is -0.478 e. The number of carbonyl (C=O) groups is 1. The van der Waals surface area contributed by atoms with Crippen molar-refractivity contribution >= 4 is 17.3 Å². The highest BCUT2D eigenvalue weighted by Crippen LogP contribution is 2.14. The zero-order chi connectivity index (χ0) is 12.8. The van der Waals surface area contributed by atoms with Gasteiger partial charge in [0.05, 0.1) is 11.9 Å². The number of aromatic nitrogens is 2. The first-order valence-corrected chi connectivity index (χ1v) is 6.61. The van der Waals surface area contributed by atoms with Crippen LogP contribution in [0.5, 0.6) is 0 Å². The Bertz CT molecular complexity index is 493. The molecular formula is C12H15N3O2S. The summed E-state index contributed by atoms with van der Waals surface area (Å²) >= 11 is 1.48. The fraction of sp³-hybridized carbons (Fsp3) is 0.333. The SMILES string of the molecule is O=C(O)c1csc(CNCCCn2ccnc2)c1. The van der Waals surface area contributed by atoms with Crippen LogP contribution in [-0.4, -0.2) is 27.2 Å². The molecule has 0 aromatic carbocycles. The van der Waals surface area contributed by atoms with E-state index in [4.69, 9.17) is 5.11 Å². The Morgan fingerprint density at radius 3 is 3.11 bits per heavy atom. The molecule has 6 heteroatoms. The molecule has 2 N–H and O–H groups in total. The number of hydrogen-bond donors (Lipinski definition) is 2. The Morgan fingerprint density at radius 2 is 2.44 bits per heavy atom. The van der Waals surface area contributed by atoms with Gasteiger partial charge < -0.3 is 15.0 Å². The van der Waals surface area contributed by atoms with E-state index in [0.29, 0.717) is 5.56 Å². The van der Waals surface area contributed by atoms with Gasteiger partial charge >= 0.3 is 5.97 Å². The lowest BCUT2D eigenvalue weighted by atomic mass is 10.3. The van der Waals surface area contributed by atoms with Gasteiger partial charge in [-0.15, -0.1) is 11.3 Å². The van der Waals surface area contributed by atoms with Crippen molar-refractivity contribution in [2.45, 2.75) is 19.5 Å². The minimum atomic E-state index is -0.863. The van der Waals surface area contributed by atoms with Crippen LogP contribution in [0.1, 0.15) is 21.7 Å². The molecule has 5 nitrogen and oxygen atoms in total. The van der Waals surface area contributed by atoms with Gasteiger partial charge in [0.1, 0.15) is 0 Å². The second kappa shape index (κ2) is 6.32. The smallest absolute Gasteiger partial charge is 0.336 e. The fourth-order valence-electron chi connectivity index (χ4n) is 1.60. The number of nitrogens with one attached hydrogen (secondary N) is 1. The largest absolute Gasteiger partial charge is 0.478 e. The maximum atomic E-state index is 10.7. The predicted octanol–water partition coefficient (Wildman–Crippen LogP) is 1.82. The number of rotatable bonds is 7. The van der Waals surface area contributed by atoms with Gasteiger partial charge in [0.25, 0.3) is 0 Å². The van der Waals surface area contributed by atoms with Crippen molar-refractivity contribution in [2.75, 3.05) is 6.54 Å². The first-order chi connectivity index (χ1) is 8.75. The van der Waals surface area contributed by atoms with E-state index in [1.807, 2.05) is 10.8 Å². The van der Waals surface area contributed by atoms with Gasteiger partial charge in [-0.25, -0.2) is 9.78 Å². The zero-order valence-electron chi connectivity index (χ0n) is 9.87. The van der Waals surface area contributed by atoms with E-state index < -0.39 is 5.97 Å². The van der Waals surface area contributed by atoms with Crippen LogP contribution in [0, 0.1) is 0 Å². The van der Waals surface area contributed by atoms with Crippen LogP contribution in [0.25, 0.3) is 0 Å². The molecule has 0 atom stereocenters. The summed E-state index contributed by atoms with van der Waals surface area (Å²) in [4.78, 5) is 15.7. The average molecular weight is 265 g/mol. The third-order valence-electron chi connectivity index (χ3n) is 2.53. The molecule has 2 rings (SSSR count). The number of imidazole rings is 1. The fourth-order valence-corrected chi connectivity index (χ4v) is 2.43. The molecule has 96 valence electrons. The van der Waals surface area contributed by atoms with E-state index in [2.05, 4.69) is 10.3 Å². The number of hydrogen-bond acceptors (Lipinski definition) is 4. The quantitative estimate of drug-likeness (QED) is 0.749. The predicted molar refractivity (Wildman–Crippen MR) is 69.8 cm³/mol. The third kappa shape index (κ3) is 3.68. The van der Waals surface area contributed by atoms with Gasteiger partial charge in [0.15, 0.2) is 0 Å². The minimum absolute atomic E-state index is 0.371. The number of carboxylic acids is 1. The molecule has 0 saturated heterocycles. The second-order valence-corrected chi connectivity index (χ2v) is 4.93. The van der Waals surface area contributed by atoms with Crippen molar-refractivity contribution in [1.29, 1.82) is 0 Å². The summed E-state index contributed by atoms with van der Waals surface area (Å²) in [6.45, 7) is 2.57. The van der Waals surface area contributed by atoms with Crippen LogP contribution >= 0.6 is 11.3 Å². The van der Waals surface area contributed by atoms with Gasteiger partial charge in [-0.2, -0.15) is 0 Å². The van der Waals surface area contributed by atoms with Gasteiger partial charge in [0, 0.05) is 35.7 Å². The Kier molecular flexibility index (Phi) is 4.49. The van der Waals surface area contributed by atoms with Crippen molar-refractivity contribution in [1.82, 2.24) is 14.9 Å². The lowest BCUT2D eigenvalue weighted by molar-refractivity contribution is 0.0697. The summed E-state index contributed by atoms with van der Waals surface area (Å²) in [7, 11) is 0. The maximum absolute atomic E-state index is 10.7. The van der Waals surface area contributed by atoms with Gasteiger partial charge in [0.2, 0.25) is 0 Å². The van der Waals surface area contributed by atoms with Gasteiger partial charge in [-0.3, -0.25) is 0 Å². The molecule has 0 unspecified atom stereocenters. The van der Waals surface area contributed by atoms with Crippen molar-refractivity contribution in [3.8, 4) is 0 Å². The van der Waals surface area contributed by atoms with Crippen LogP contribution < -0.4 is 5.32 Å². The summed E-state index contributed by atoms with van der Waals surface area (Å²) in [5, 5.41) is 13.8. The number of thiophene rings is 1. The average Bonchev–Trinajstić information content (AvgIpc) is 2.98. The summed E-state index contributed by atoms with van der Waals surface area (Å²) in [5.74, 6) is -0.863. The molecule has 2 aromatic heterocycles. The summed E-state index contributed by atoms with van der Waals surface area (Å²) in [6.07, 6.45) is 6.54. The number of aromatic carboxylic acids is 1. The molecule has 0 saturated carbocycles. The van der Waals surface area contributed by atoms with Crippen LogP contribution in [0.3, 0.4) is 0 Å². The molecule has 0 amide bonds. The highest BCUT2D eigenvalue weighted by molar-refractivity contribution is 7.10. The molecule has 0 spiro atoms. The Balaban J connectivity index is 1.64. The van der Waals surface area contributed by atoms with E-state index >= 15 is 0 Å². The first kappa shape index (κ1) is 12.8. The van der Waals surface area contributed by atoms with Gasteiger partial charge in [-0.05, 0) is 19.0 Å². The zero-order valence-corrected chi connectivity index (χ0v) is 10.7. The highest BCUT2D eigenvalue weighted by Gasteiger charge is 2.05. The van der Waals surface area contributed by atoms with Crippen LogP contribution in [0.15, 0.2) is 30.2 Å². The van der Waals surface area contributed by atoms with Crippen molar-refractivity contribution in [2.24, 2.45) is 0 Å². The molecule has 0 bridgehead atoms. The molecular weight excluding hydrogens is 250 g/mol. The lowest BCUT2D eigenvalue weighted by Gasteiger charge is -2.03. The number of carboxylic acid groups (broad SMARTS) is 1. The maximum Gasteiger partial charge on any atom is 0.336 e. The molecule has 18 heavy (non-hydrogen) atoms. The lowest BCUT2D eigenvalue weighted by Crippen LogP contribution is -2.15. The monoisotopic (exact) mass is 265 g/mol. The second-order valence-electron chi connectivity index (χ2n) is 3.94. The Labute approximate surface area is 109 Å². The summed E-state index contributed by atoms with van der Waals surface area (Å²) in [5.41, 5.74) is 0.371. The normalized spacial score (nSPS) is 10.7. The van der Waals surface area contributed by atoms with E-state index in [-0.39, 0.29) is 0 Å². The molecule has 0 fully saturated rings. The summed E-state index contributed by atoms with van der Waals surface area (Å²) in [6, 6.07) is 1.72. The molecule has 2 aromatic rings. The van der Waals surface area contributed by atoms with E-state index in [9.17, 15) is 4.79 Å². The third-order valence-corrected chi connectivity index (χ3v) is 3.47. The van der Waals surface area contributed by atoms with Crippen molar-refractivity contribution in [3.63, 3.8) is 0 Å². The van der Waals surface area contributed by atoms with E-state index in [1.165, 1.54) is 11.3 Å².